The van der Waals surface area contributed by atoms with Crippen molar-refractivity contribution in [1.29, 1.82) is 0 Å². The minimum atomic E-state index is -0.143. The summed E-state index contributed by atoms with van der Waals surface area (Å²) in [6.45, 7) is 7.91. The molecule has 1 rings (SSSR count). The molecule has 1 atom stereocenters. The van der Waals surface area contributed by atoms with Gasteiger partial charge in [-0.25, -0.2) is 4.98 Å². The average molecular weight is 236 g/mol. The third kappa shape index (κ3) is 4.06. The van der Waals surface area contributed by atoms with E-state index in [-0.39, 0.29) is 11.2 Å². The van der Waals surface area contributed by atoms with Gasteiger partial charge in [-0.3, -0.25) is 4.79 Å². The number of hydrogen-bond acceptors (Lipinski definition) is 3. The Hall–Kier alpha value is -1.29. The Morgan fingerprint density at radius 2 is 2.44 bits per heavy atom. The van der Waals surface area contributed by atoms with Crippen molar-refractivity contribution >= 4 is 17.7 Å². The second-order valence-electron chi connectivity index (χ2n) is 3.47. The van der Waals surface area contributed by atoms with Crippen molar-refractivity contribution in [1.82, 2.24) is 10.3 Å². The van der Waals surface area contributed by atoms with Crippen LogP contribution in [0.3, 0.4) is 0 Å². The molecule has 0 radical (unpaired) electrons. The van der Waals surface area contributed by atoms with Crippen LogP contribution in [-0.2, 0) is 4.79 Å². The SMILES string of the molecule is C=CCNC(=O)[C@@H](C)Sc1ccc(C)cn1. The van der Waals surface area contributed by atoms with Crippen molar-refractivity contribution in [3.63, 3.8) is 0 Å². The van der Waals surface area contributed by atoms with Gasteiger partial charge >= 0.3 is 0 Å². The number of aryl methyl sites for hydroxylation is 1. The van der Waals surface area contributed by atoms with Crippen LogP contribution in [0.15, 0.2) is 36.0 Å². The van der Waals surface area contributed by atoms with Gasteiger partial charge in [-0.2, -0.15) is 0 Å². The van der Waals surface area contributed by atoms with E-state index in [1.54, 1.807) is 12.3 Å². The molecule has 0 saturated carbocycles. The zero-order chi connectivity index (χ0) is 12.0. The molecule has 0 bridgehead atoms. The van der Waals surface area contributed by atoms with E-state index in [9.17, 15) is 4.79 Å². The fourth-order valence-electron chi connectivity index (χ4n) is 1.08. The lowest BCUT2D eigenvalue weighted by Crippen LogP contribution is -2.30. The molecule has 1 amide bonds. The van der Waals surface area contributed by atoms with E-state index >= 15 is 0 Å². The summed E-state index contributed by atoms with van der Waals surface area (Å²) < 4.78 is 0. The van der Waals surface area contributed by atoms with E-state index in [1.165, 1.54) is 11.8 Å². The van der Waals surface area contributed by atoms with Crippen molar-refractivity contribution < 1.29 is 4.79 Å². The zero-order valence-electron chi connectivity index (χ0n) is 9.56. The van der Waals surface area contributed by atoms with Crippen molar-refractivity contribution in [3.8, 4) is 0 Å². The molecule has 0 unspecified atom stereocenters. The summed E-state index contributed by atoms with van der Waals surface area (Å²) in [4.78, 5) is 15.8. The molecule has 1 aromatic heterocycles. The Bertz CT molecular complexity index is 362. The Morgan fingerprint density at radius 3 is 3.00 bits per heavy atom. The van der Waals surface area contributed by atoms with Gasteiger partial charge in [0, 0.05) is 12.7 Å². The maximum absolute atomic E-state index is 11.6. The van der Waals surface area contributed by atoms with E-state index in [0.717, 1.165) is 10.6 Å². The first-order valence-corrected chi connectivity index (χ1v) is 5.99. The highest BCUT2D eigenvalue weighted by molar-refractivity contribution is 8.00. The molecule has 0 saturated heterocycles. The van der Waals surface area contributed by atoms with Gasteiger partial charge < -0.3 is 5.32 Å². The number of rotatable bonds is 5. The maximum Gasteiger partial charge on any atom is 0.233 e. The molecule has 1 aromatic rings. The number of carbonyl (C=O) groups excluding carboxylic acids is 1. The van der Waals surface area contributed by atoms with Crippen LogP contribution >= 0.6 is 11.8 Å². The lowest BCUT2D eigenvalue weighted by Gasteiger charge is -2.10. The van der Waals surface area contributed by atoms with E-state index < -0.39 is 0 Å². The number of pyridine rings is 1. The molecule has 86 valence electrons. The number of carbonyl (C=O) groups is 1. The molecule has 0 spiro atoms. The summed E-state index contributed by atoms with van der Waals surface area (Å²) in [5, 5.41) is 3.48. The predicted octanol–water partition coefficient (Wildman–Crippen LogP) is 2.17. The van der Waals surface area contributed by atoms with Crippen molar-refractivity contribution in [2.24, 2.45) is 0 Å². The van der Waals surface area contributed by atoms with Gasteiger partial charge in [0.1, 0.15) is 0 Å². The lowest BCUT2D eigenvalue weighted by molar-refractivity contribution is -0.120. The fraction of sp³-hybridized carbons (Fsp3) is 0.333. The fourth-order valence-corrected chi connectivity index (χ4v) is 1.89. The predicted molar refractivity (Wildman–Crippen MR) is 67.5 cm³/mol. The van der Waals surface area contributed by atoms with E-state index in [0.29, 0.717) is 6.54 Å². The van der Waals surface area contributed by atoms with Crippen LogP contribution in [0, 0.1) is 6.92 Å². The van der Waals surface area contributed by atoms with Crippen LogP contribution < -0.4 is 5.32 Å². The number of nitrogens with one attached hydrogen (secondary N) is 1. The molecule has 3 nitrogen and oxygen atoms in total. The van der Waals surface area contributed by atoms with Crippen LogP contribution in [0.2, 0.25) is 0 Å². The van der Waals surface area contributed by atoms with E-state index in [1.807, 2.05) is 26.0 Å². The van der Waals surface area contributed by atoms with Gasteiger partial charge in [0.05, 0.1) is 10.3 Å². The third-order valence-corrected chi connectivity index (χ3v) is 3.02. The molecule has 4 heteroatoms. The Morgan fingerprint density at radius 1 is 1.69 bits per heavy atom. The zero-order valence-corrected chi connectivity index (χ0v) is 10.4. The van der Waals surface area contributed by atoms with Gasteiger partial charge in [0.25, 0.3) is 0 Å². The highest BCUT2D eigenvalue weighted by Gasteiger charge is 2.13. The summed E-state index contributed by atoms with van der Waals surface area (Å²) >= 11 is 1.45. The third-order valence-electron chi connectivity index (χ3n) is 1.97. The normalized spacial score (nSPS) is 11.9. The summed E-state index contributed by atoms with van der Waals surface area (Å²) in [6.07, 6.45) is 3.47. The molecule has 0 aliphatic heterocycles. The van der Waals surface area contributed by atoms with Crippen molar-refractivity contribution in [3.05, 3.63) is 36.5 Å². The Kier molecular flexibility index (Phi) is 5.05. The standard InChI is InChI=1S/C12H16N2OS/c1-4-7-13-12(15)10(3)16-11-6-5-9(2)8-14-11/h4-6,8,10H,1,7H2,2-3H3,(H,13,15)/t10-/m1/s1. The van der Waals surface area contributed by atoms with Crippen molar-refractivity contribution in [2.75, 3.05) is 6.54 Å². The highest BCUT2D eigenvalue weighted by Crippen LogP contribution is 2.20. The van der Waals surface area contributed by atoms with Gasteiger partial charge in [-0.15, -0.1) is 6.58 Å². The summed E-state index contributed by atoms with van der Waals surface area (Å²) in [6, 6.07) is 3.92. The molecule has 1 heterocycles. The van der Waals surface area contributed by atoms with Gasteiger partial charge in [0.15, 0.2) is 0 Å². The second-order valence-corrected chi connectivity index (χ2v) is 4.83. The number of amides is 1. The summed E-state index contributed by atoms with van der Waals surface area (Å²) in [5.74, 6) is 0.00674. The number of thioether (sulfide) groups is 1. The largest absolute Gasteiger partial charge is 0.352 e. The summed E-state index contributed by atoms with van der Waals surface area (Å²) in [5.41, 5.74) is 1.12. The van der Waals surface area contributed by atoms with Crippen LogP contribution in [0.1, 0.15) is 12.5 Å². The molecular formula is C12H16N2OS. The Labute approximate surface area is 100 Å². The molecule has 0 fully saturated rings. The van der Waals surface area contributed by atoms with Gasteiger partial charge in [-0.1, -0.05) is 23.9 Å². The van der Waals surface area contributed by atoms with Crippen LogP contribution in [-0.4, -0.2) is 22.7 Å². The smallest absolute Gasteiger partial charge is 0.233 e. The first kappa shape index (κ1) is 12.8. The molecule has 0 aliphatic rings. The molecule has 0 aromatic carbocycles. The van der Waals surface area contributed by atoms with E-state index in [2.05, 4.69) is 16.9 Å². The molecule has 1 N–H and O–H groups in total. The first-order valence-electron chi connectivity index (χ1n) is 5.11. The van der Waals surface area contributed by atoms with Crippen LogP contribution in [0.5, 0.6) is 0 Å². The highest BCUT2D eigenvalue weighted by atomic mass is 32.2. The number of aromatic nitrogens is 1. The van der Waals surface area contributed by atoms with Crippen LogP contribution in [0.25, 0.3) is 0 Å². The maximum atomic E-state index is 11.6. The number of nitrogens with zero attached hydrogens (tertiary/aromatic N) is 1. The number of hydrogen-bond donors (Lipinski definition) is 1. The summed E-state index contributed by atoms with van der Waals surface area (Å²) in [7, 11) is 0. The topological polar surface area (TPSA) is 42.0 Å². The monoisotopic (exact) mass is 236 g/mol. The molecule has 0 aliphatic carbocycles. The minimum Gasteiger partial charge on any atom is -0.352 e. The van der Waals surface area contributed by atoms with Crippen molar-refractivity contribution in [2.45, 2.75) is 24.1 Å². The van der Waals surface area contributed by atoms with Gasteiger partial charge in [-0.05, 0) is 25.5 Å². The van der Waals surface area contributed by atoms with Crippen LogP contribution in [0.4, 0.5) is 0 Å². The first-order chi connectivity index (χ1) is 7.63. The Balaban J connectivity index is 2.50. The lowest BCUT2D eigenvalue weighted by atomic mass is 10.3. The van der Waals surface area contributed by atoms with E-state index in [4.69, 9.17) is 0 Å². The molecular weight excluding hydrogens is 220 g/mol. The quantitative estimate of drug-likeness (QED) is 0.629. The second kappa shape index (κ2) is 6.33. The van der Waals surface area contributed by atoms with Gasteiger partial charge in [0.2, 0.25) is 5.91 Å². The minimum absolute atomic E-state index is 0.00674. The average Bonchev–Trinajstić information content (AvgIpc) is 2.29. The molecule has 16 heavy (non-hydrogen) atoms.